The SMILES string of the molecule is CC(C)[Si](O[Si](C(C)C)(C(C)C)C(C)C)(C(C)C)C(C)C.OCC1CCC(CO)CC1. The van der Waals surface area contributed by atoms with Crippen LogP contribution >= 0.6 is 0 Å². The molecule has 0 amide bonds. The second-order valence-electron chi connectivity index (χ2n) is 12.0. The zero-order valence-corrected chi connectivity index (χ0v) is 25.2. The topological polar surface area (TPSA) is 49.7 Å². The van der Waals surface area contributed by atoms with E-state index in [9.17, 15) is 0 Å². The average molecular weight is 475 g/mol. The van der Waals surface area contributed by atoms with Gasteiger partial charge in [0.15, 0.2) is 16.6 Å². The normalized spacial score (nSPS) is 20.9. The summed E-state index contributed by atoms with van der Waals surface area (Å²) in [6.45, 7) is 29.6. The van der Waals surface area contributed by atoms with Crippen molar-refractivity contribution in [1.82, 2.24) is 0 Å². The summed E-state index contributed by atoms with van der Waals surface area (Å²) in [7, 11) is -3.58. The highest BCUT2D eigenvalue weighted by atomic mass is 28.4. The largest absolute Gasteiger partial charge is 0.454 e. The zero-order valence-electron chi connectivity index (χ0n) is 23.2. The van der Waals surface area contributed by atoms with Crippen molar-refractivity contribution >= 4 is 16.6 Å². The molecule has 0 aromatic rings. The quantitative estimate of drug-likeness (QED) is 0.314. The zero-order chi connectivity index (χ0) is 24.6. The first-order valence-corrected chi connectivity index (χ1v) is 17.4. The van der Waals surface area contributed by atoms with E-state index in [4.69, 9.17) is 14.3 Å². The second kappa shape index (κ2) is 13.9. The Bertz CT molecular complexity index is 382. The van der Waals surface area contributed by atoms with Crippen LogP contribution < -0.4 is 0 Å². The predicted molar refractivity (Wildman–Crippen MR) is 143 cm³/mol. The van der Waals surface area contributed by atoms with Crippen LogP contribution in [-0.2, 0) is 4.12 Å². The minimum absolute atomic E-state index is 0.331. The Kier molecular flexibility index (Phi) is 14.0. The maximum Gasteiger partial charge on any atom is 0.187 e. The van der Waals surface area contributed by atoms with Crippen LogP contribution in [0, 0.1) is 11.8 Å². The fraction of sp³-hybridized carbons (Fsp3) is 1.00. The molecule has 1 saturated carbocycles. The van der Waals surface area contributed by atoms with Gasteiger partial charge in [-0.1, -0.05) is 83.1 Å². The van der Waals surface area contributed by atoms with Crippen LogP contribution in [0.3, 0.4) is 0 Å². The predicted octanol–water partition coefficient (Wildman–Crippen LogP) is 8.13. The Hall–Kier alpha value is 0.314. The van der Waals surface area contributed by atoms with Crippen LogP contribution in [0.4, 0.5) is 0 Å². The lowest BCUT2D eigenvalue weighted by atomic mass is 9.83. The lowest BCUT2D eigenvalue weighted by molar-refractivity contribution is 0.131. The third kappa shape index (κ3) is 7.66. The van der Waals surface area contributed by atoms with Crippen LogP contribution in [0.2, 0.25) is 33.2 Å². The van der Waals surface area contributed by atoms with Gasteiger partial charge in [-0.05, 0) is 70.8 Å². The number of hydrogen-bond acceptors (Lipinski definition) is 3. The molecule has 0 unspecified atom stereocenters. The summed E-state index contributed by atoms with van der Waals surface area (Å²) in [5.41, 5.74) is 4.09. The van der Waals surface area contributed by atoms with Gasteiger partial charge in [-0.2, -0.15) is 0 Å². The molecular weight excluding hydrogens is 416 g/mol. The molecule has 31 heavy (non-hydrogen) atoms. The number of rotatable bonds is 10. The summed E-state index contributed by atoms with van der Waals surface area (Å²) in [6.07, 6.45) is 4.40. The first-order chi connectivity index (χ1) is 14.2. The van der Waals surface area contributed by atoms with Gasteiger partial charge in [-0.3, -0.25) is 0 Å². The van der Waals surface area contributed by atoms with Gasteiger partial charge in [0.1, 0.15) is 0 Å². The molecule has 3 nitrogen and oxygen atoms in total. The third-order valence-corrected chi connectivity index (χ3v) is 21.9. The number of hydrogen-bond donors (Lipinski definition) is 2. The van der Waals surface area contributed by atoms with Crippen LogP contribution in [0.5, 0.6) is 0 Å². The van der Waals surface area contributed by atoms with Crippen molar-refractivity contribution in [2.75, 3.05) is 13.2 Å². The van der Waals surface area contributed by atoms with Crippen molar-refractivity contribution in [2.45, 2.75) is 142 Å². The summed E-state index contributed by atoms with van der Waals surface area (Å²) in [5, 5.41) is 17.6. The average Bonchev–Trinajstić information content (AvgIpc) is 2.67. The van der Waals surface area contributed by atoms with Gasteiger partial charge in [0.25, 0.3) is 0 Å². The fourth-order valence-electron chi connectivity index (χ4n) is 6.61. The van der Waals surface area contributed by atoms with E-state index < -0.39 is 16.6 Å². The Morgan fingerprint density at radius 3 is 0.839 bits per heavy atom. The third-order valence-electron chi connectivity index (χ3n) is 8.25. The van der Waals surface area contributed by atoms with Gasteiger partial charge in [0, 0.05) is 13.2 Å². The van der Waals surface area contributed by atoms with Crippen molar-refractivity contribution in [3.63, 3.8) is 0 Å². The molecule has 0 heterocycles. The standard InChI is InChI=1S/C18H42OSi2.C8H16O2/c1-13(2)20(14(3)4,15(5)6)19-21(16(7)8,17(9)10)18(11)12;9-5-7-1-2-8(6-10)4-3-7/h13-18H,1-12H3;7-10H,1-6H2. The summed E-state index contributed by atoms with van der Waals surface area (Å²) in [6, 6.07) is 0. The molecule has 0 aromatic heterocycles. The van der Waals surface area contributed by atoms with Gasteiger partial charge in [0.05, 0.1) is 0 Å². The second-order valence-corrected chi connectivity index (χ2v) is 23.1. The Morgan fingerprint density at radius 1 is 0.516 bits per heavy atom. The fourth-order valence-corrected chi connectivity index (χ4v) is 22.7. The molecule has 0 atom stereocenters. The van der Waals surface area contributed by atoms with Gasteiger partial charge in [-0.15, -0.1) is 0 Å². The van der Waals surface area contributed by atoms with Crippen LogP contribution in [0.15, 0.2) is 0 Å². The molecular formula is C26H58O3Si2. The van der Waals surface area contributed by atoms with Crippen molar-refractivity contribution in [1.29, 1.82) is 0 Å². The highest BCUT2D eigenvalue weighted by molar-refractivity contribution is 6.90. The number of aliphatic hydroxyl groups excluding tert-OH is 2. The van der Waals surface area contributed by atoms with E-state index in [1.807, 2.05) is 0 Å². The first-order valence-electron chi connectivity index (χ1n) is 13.2. The van der Waals surface area contributed by atoms with E-state index in [1.54, 1.807) is 0 Å². The maximum atomic E-state index is 8.79. The van der Waals surface area contributed by atoms with E-state index in [0.29, 0.717) is 58.3 Å². The van der Waals surface area contributed by atoms with E-state index in [0.717, 1.165) is 25.7 Å². The van der Waals surface area contributed by atoms with E-state index >= 15 is 0 Å². The molecule has 0 bridgehead atoms. The van der Waals surface area contributed by atoms with Gasteiger partial charge in [-0.25, -0.2) is 0 Å². The highest BCUT2D eigenvalue weighted by Crippen LogP contribution is 2.51. The molecule has 5 heteroatoms. The van der Waals surface area contributed by atoms with E-state index in [-0.39, 0.29) is 0 Å². The van der Waals surface area contributed by atoms with Crippen molar-refractivity contribution in [2.24, 2.45) is 11.8 Å². The molecule has 0 aromatic carbocycles. The summed E-state index contributed by atoms with van der Waals surface area (Å²) >= 11 is 0. The first kappa shape index (κ1) is 31.3. The van der Waals surface area contributed by atoms with Crippen LogP contribution in [-0.4, -0.2) is 40.1 Å². The Morgan fingerprint density at radius 2 is 0.710 bits per heavy atom. The Labute approximate surface area is 198 Å². The summed E-state index contributed by atoms with van der Waals surface area (Å²) < 4.78 is 7.47. The summed E-state index contributed by atoms with van der Waals surface area (Å²) in [4.78, 5) is 0. The molecule has 1 aliphatic rings. The molecule has 188 valence electrons. The number of aliphatic hydroxyl groups is 2. The molecule has 0 radical (unpaired) electrons. The van der Waals surface area contributed by atoms with Crippen LogP contribution in [0.1, 0.15) is 109 Å². The molecule has 1 rings (SSSR count). The van der Waals surface area contributed by atoms with E-state index in [2.05, 4.69) is 83.1 Å². The minimum Gasteiger partial charge on any atom is -0.454 e. The van der Waals surface area contributed by atoms with E-state index in [1.165, 1.54) is 0 Å². The van der Waals surface area contributed by atoms with Crippen LogP contribution in [0.25, 0.3) is 0 Å². The molecule has 0 aliphatic heterocycles. The van der Waals surface area contributed by atoms with Crippen molar-refractivity contribution in [3.05, 3.63) is 0 Å². The molecule has 2 N–H and O–H groups in total. The minimum atomic E-state index is -1.79. The lowest BCUT2D eigenvalue weighted by Crippen LogP contribution is -2.60. The maximum absolute atomic E-state index is 8.79. The lowest BCUT2D eigenvalue weighted by Gasteiger charge is -2.54. The highest BCUT2D eigenvalue weighted by Gasteiger charge is 2.54. The molecule has 0 spiro atoms. The monoisotopic (exact) mass is 474 g/mol. The van der Waals surface area contributed by atoms with Crippen molar-refractivity contribution in [3.8, 4) is 0 Å². The van der Waals surface area contributed by atoms with Gasteiger partial charge >= 0.3 is 0 Å². The molecule has 0 saturated heterocycles. The van der Waals surface area contributed by atoms with Gasteiger partial charge < -0.3 is 14.3 Å². The molecule has 1 fully saturated rings. The van der Waals surface area contributed by atoms with Crippen molar-refractivity contribution < 1.29 is 14.3 Å². The summed E-state index contributed by atoms with van der Waals surface area (Å²) in [5.74, 6) is 1.03. The van der Waals surface area contributed by atoms with Gasteiger partial charge in [0.2, 0.25) is 0 Å². The smallest absolute Gasteiger partial charge is 0.187 e. The Balaban J connectivity index is 0.000000743. The molecule has 1 aliphatic carbocycles.